The lowest BCUT2D eigenvalue weighted by atomic mass is 9.58. The van der Waals surface area contributed by atoms with E-state index in [0.29, 0.717) is 5.57 Å². The largest absolute Gasteiger partial charge is 0.461 e. The molecule has 5 nitrogen and oxygen atoms in total. The number of ether oxygens (including phenoxy) is 2. The van der Waals surface area contributed by atoms with E-state index in [-0.39, 0.29) is 42.1 Å². The Bertz CT molecular complexity index is 590. The Hall–Kier alpha value is -1.65. The van der Waals surface area contributed by atoms with E-state index in [0.717, 1.165) is 18.4 Å². The first-order valence-corrected chi connectivity index (χ1v) is 7.88. The van der Waals surface area contributed by atoms with Crippen LogP contribution in [0.3, 0.4) is 0 Å². The minimum atomic E-state index is -0.466. The molecule has 2 fully saturated rings. The van der Waals surface area contributed by atoms with E-state index in [2.05, 4.69) is 0 Å². The normalized spacial score (nSPS) is 40.9. The van der Waals surface area contributed by atoms with Crippen LogP contribution in [-0.4, -0.2) is 29.9 Å². The Balaban J connectivity index is 2.06. The number of hydrogen-bond donors (Lipinski definition) is 0. The molecule has 1 aliphatic heterocycles. The van der Waals surface area contributed by atoms with Crippen LogP contribution in [0, 0.1) is 17.3 Å². The molecule has 1 saturated heterocycles. The Morgan fingerprint density at radius 2 is 2.05 bits per heavy atom. The van der Waals surface area contributed by atoms with Crippen LogP contribution < -0.4 is 0 Å². The first-order chi connectivity index (χ1) is 10.3. The summed E-state index contributed by atoms with van der Waals surface area (Å²) in [5.41, 5.74) is 1.14. The summed E-state index contributed by atoms with van der Waals surface area (Å²) in [7, 11) is 0. The van der Waals surface area contributed by atoms with Gasteiger partial charge in [-0.15, -0.1) is 0 Å². The van der Waals surface area contributed by atoms with Crippen LogP contribution in [0.2, 0.25) is 0 Å². The van der Waals surface area contributed by atoms with Crippen molar-refractivity contribution in [3.8, 4) is 0 Å². The van der Waals surface area contributed by atoms with Gasteiger partial charge in [-0.2, -0.15) is 0 Å². The fourth-order valence-electron chi connectivity index (χ4n) is 4.40. The van der Waals surface area contributed by atoms with Crippen molar-refractivity contribution in [3.05, 3.63) is 11.1 Å². The van der Waals surface area contributed by atoms with Crippen LogP contribution in [0.5, 0.6) is 0 Å². The van der Waals surface area contributed by atoms with E-state index < -0.39 is 11.5 Å². The van der Waals surface area contributed by atoms with E-state index >= 15 is 0 Å². The highest BCUT2D eigenvalue weighted by molar-refractivity contribution is 5.98. The van der Waals surface area contributed by atoms with Crippen molar-refractivity contribution in [2.24, 2.45) is 17.3 Å². The van der Waals surface area contributed by atoms with Crippen molar-refractivity contribution in [1.82, 2.24) is 0 Å². The summed E-state index contributed by atoms with van der Waals surface area (Å²) in [4.78, 5) is 35.7. The molecule has 0 spiro atoms. The van der Waals surface area contributed by atoms with Crippen LogP contribution >= 0.6 is 0 Å². The Morgan fingerprint density at radius 1 is 1.36 bits per heavy atom. The monoisotopic (exact) mass is 306 g/mol. The molecule has 3 aliphatic rings. The number of Topliss-reactive ketones (excluding diaryl/α,β-unsaturated/α-hetero) is 1. The summed E-state index contributed by atoms with van der Waals surface area (Å²) in [6.07, 6.45) is 1.05. The third-order valence-corrected chi connectivity index (χ3v) is 5.75. The van der Waals surface area contributed by atoms with Gasteiger partial charge in [0.15, 0.2) is 5.78 Å². The van der Waals surface area contributed by atoms with Gasteiger partial charge in [0.25, 0.3) is 0 Å². The van der Waals surface area contributed by atoms with Gasteiger partial charge in [-0.3, -0.25) is 14.4 Å². The van der Waals surface area contributed by atoms with Crippen molar-refractivity contribution in [1.29, 1.82) is 0 Å². The predicted molar refractivity (Wildman–Crippen MR) is 77.8 cm³/mol. The second-order valence-electron chi connectivity index (χ2n) is 7.03. The molecule has 120 valence electrons. The van der Waals surface area contributed by atoms with Crippen LogP contribution in [0.4, 0.5) is 0 Å². The zero-order valence-electron chi connectivity index (χ0n) is 13.5. The van der Waals surface area contributed by atoms with Crippen molar-refractivity contribution in [2.75, 3.05) is 0 Å². The highest BCUT2D eigenvalue weighted by Crippen LogP contribution is 2.55. The summed E-state index contributed by atoms with van der Waals surface area (Å²) >= 11 is 0. The van der Waals surface area contributed by atoms with Crippen LogP contribution in [0.15, 0.2) is 11.1 Å². The van der Waals surface area contributed by atoms with E-state index in [1.807, 2.05) is 13.8 Å². The Kier molecular flexibility index (Phi) is 3.42. The molecule has 1 saturated carbocycles. The molecule has 3 rings (SSSR count). The van der Waals surface area contributed by atoms with Crippen LogP contribution in [0.25, 0.3) is 0 Å². The molecule has 0 N–H and O–H groups in total. The summed E-state index contributed by atoms with van der Waals surface area (Å²) in [5, 5.41) is 0. The van der Waals surface area contributed by atoms with Gasteiger partial charge in [0.2, 0.25) is 0 Å². The molecule has 5 atom stereocenters. The van der Waals surface area contributed by atoms with Gasteiger partial charge in [-0.05, 0) is 30.9 Å². The Morgan fingerprint density at radius 3 is 2.68 bits per heavy atom. The number of hydrogen-bond acceptors (Lipinski definition) is 5. The lowest BCUT2D eigenvalue weighted by Crippen LogP contribution is -2.50. The number of fused-ring (bicyclic) bond motifs is 3. The molecule has 2 aliphatic carbocycles. The van der Waals surface area contributed by atoms with E-state index in [1.54, 1.807) is 6.92 Å². The third-order valence-electron chi connectivity index (χ3n) is 5.75. The van der Waals surface area contributed by atoms with Gasteiger partial charge in [-0.1, -0.05) is 13.8 Å². The van der Waals surface area contributed by atoms with Gasteiger partial charge in [0.1, 0.15) is 12.2 Å². The number of allylic oxidation sites excluding steroid dienone is 1. The summed E-state index contributed by atoms with van der Waals surface area (Å²) in [5.74, 6) is -0.609. The fraction of sp³-hybridized carbons (Fsp3) is 0.706. The van der Waals surface area contributed by atoms with Gasteiger partial charge in [-0.25, -0.2) is 0 Å². The average molecular weight is 306 g/mol. The molecule has 0 unspecified atom stereocenters. The van der Waals surface area contributed by atoms with Crippen molar-refractivity contribution in [2.45, 2.75) is 59.2 Å². The maximum absolute atomic E-state index is 12.3. The lowest BCUT2D eigenvalue weighted by Gasteiger charge is -2.49. The molecular formula is C17H22O5. The van der Waals surface area contributed by atoms with E-state index in [9.17, 15) is 14.4 Å². The summed E-state index contributed by atoms with van der Waals surface area (Å²) < 4.78 is 11.0. The third kappa shape index (κ3) is 2.02. The SMILES string of the molecule is CC(=O)O[C@H]1CC(=O)C(C)=C2[C@H]3OC(=O)[C@@H](C)[C@@H]3CC[C@]21C. The minimum absolute atomic E-state index is 0.0185. The van der Waals surface area contributed by atoms with Crippen molar-refractivity contribution in [3.63, 3.8) is 0 Å². The molecule has 22 heavy (non-hydrogen) atoms. The maximum atomic E-state index is 12.3. The molecule has 0 radical (unpaired) electrons. The summed E-state index contributed by atoms with van der Waals surface area (Å²) in [6, 6.07) is 0. The number of carbonyl (C=O) groups is 3. The van der Waals surface area contributed by atoms with Crippen molar-refractivity contribution < 1.29 is 23.9 Å². The Labute approximate surface area is 130 Å². The molecule has 1 heterocycles. The summed E-state index contributed by atoms with van der Waals surface area (Å²) in [6.45, 7) is 7.08. The quantitative estimate of drug-likeness (QED) is 0.695. The van der Waals surface area contributed by atoms with Crippen LogP contribution in [-0.2, 0) is 23.9 Å². The first-order valence-electron chi connectivity index (χ1n) is 7.88. The van der Waals surface area contributed by atoms with Gasteiger partial charge < -0.3 is 9.47 Å². The highest BCUT2D eigenvalue weighted by atomic mass is 16.6. The van der Waals surface area contributed by atoms with Gasteiger partial charge in [0.05, 0.1) is 5.92 Å². The molecular weight excluding hydrogens is 284 g/mol. The number of esters is 2. The van der Waals surface area contributed by atoms with Crippen LogP contribution in [0.1, 0.15) is 47.0 Å². The first kappa shape index (κ1) is 15.3. The van der Waals surface area contributed by atoms with E-state index in [1.165, 1.54) is 6.92 Å². The molecule has 0 aromatic carbocycles. The topological polar surface area (TPSA) is 69.7 Å². The van der Waals surface area contributed by atoms with Gasteiger partial charge in [0, 0.05) is 24.7 Å². The number of rotatable bonds is 1. The van der Waals surface area contributed by atoms with Crippen molar-refractivity contribution >= 4 is 17.7 Å². The van der Waals surface area contributed by atoms with E-state index in [4.69, 9.17) is 9.47 Å². The minimum Gasteiger partial charge on any atom is -0.461 e. The zero-order valence-corrected chi connectivity index (χ0v) is 13.5. The smallest absolute Gasteiger partial charge is 0.309 e. The molecule has 0 aromatic rings. The zero-order chi connectivity index (χ0) is 16.2. The number of carbonyl (C=O) groups excluding carboxylic acids is 3. The highest BCUT2D eigenvalue weighted by Gasteiger charge is 2.57. The van der Waals surface area contributed by atoms with Gasteiger partial charge >= 0.3 is 11.9 Å². The standard InChI is InChI=1S/C17H22O5/c1-8-11-5-6-17(4)13(21-10(3)18)7-12(19)9(2)14(17)15(11)22-16(8)20/h8,11,13,15H,5-7H2,1-4H3/t8-,11-,13-,15-,17-/m0/s1. The molecule has 0 bridgehead atoms. The fourth-order valence-corrected chi connectivity index (χ4v) is 4.40. The second-order valence-corrected chi connectivity index (χ2v) is 7.03. The average Bonchev–Trinajstić information content (AvgIpc) is 2.71. The molecule has 0 aromatic heterocycles. The predicted octanol–water partition coefficient (Wildman–Crippen LogP) is 2.19. The molecule has 0 amide bonds. The maximum Gasteiger partial charge on any atom is 0.309 e. The number of ketones is 1. The molecule has 5 heteroatoms. The lowest BCUT2D eigenvalue weighted by molar-refractivity contribution is -0.157. The second kappa shape index (κ2) is 4.93.